The van der Waals surface area contributed by atoms with Gasteiger partial charge in [0.25, 0.3) is 0 Å². The van der Waals surface area contributed by atoms with Gasteiger partial charge in [0.05, 0.1) is 6.85 Å². The van der Waals surface area contributed by atoms with E-state index in [2.05, 4.69) is 19.2 Å². The lowest BCUT2D eigenvalue weighted by Gasteiger charge is -2.30. The first-order valence-corrected chi connectivity index (χ1v) is 8.13. The van der Waals surface area contributed by atoms with Crippen LogP contribution in [0.5, 0.6) is 0 Å². The van der Waals surface area contributed by atoms with Gasteiger partial charge < -0.3 is 10.4 Å². The molecule has 1 amide bonds. The van der Waals surface area contributed by atoms with E-state index in [0.29, 0.717) is 24.7 Å². The van der Waals surface area contributed by atoms with Gasteiger partial charge in [0.15, 0.2) is 0 Å². The van der Waals surface area contributed by atoms with Crippen molar-refractivity contribution in [3.05, 3.63) is 35.8 Å². The zero-order valence-electron chi connectivity index (χ0n) is 18.6. The molecule has 1 saturated carbocycles. The first kappa shape index (κ1) is 11.7. The summed E-state index contributed by atoms with van der Waals surface area (Å²) in [5.74, 6) is -0.764. The quantitative estimate of drug-likeness (QED) is 0.845. The van der Waals surface area contributed by atoms with Gasteiger partial charge in [0.1, 0.15) is 6.04 Å². The lowest BCUT2D eigenvalue weighted by atomic mass is 9.76. The predicted molar refractivity (Wildman–Crippen MR) is 90.0 cm³/mol. The Morgan fingerprint density at radius 1 is 1.22 bits per heavy atom. The number of benzene rings is 1. The van der Waals surface area contributed by atoms with Gasteiger partial charge in [-0.3, -0.25) is 4.79 Å². The lowest BCUT2D eigenvalue weighted by molar-refractivity contribution is -0.142. The number of nitrogens with one attached hydrogen (secondary N) is 1. The second kappa shape index (κ2) is 8.14. The highest BCUT2D eigenvalue weighted by Gasteiger charge is 2.30. The molecule has 1 aliphatic rings. The van der Waals surface area contributed by atoms with E-state index < -0.39 is 42.2 Å². The first-order chi connectivity index (χ1) is 13.0. The molecule has 0 bridgehead atoms. The molecule has 0 unspecified atom stereocenters. The molecule has 0 radical (unpaired) electrons. The zero-order valence-corrected chi connectivity index (χ0v) is 13.6. The molecule has 0 aromatic heterocycles. The van der Waals surface area contributed by atoms with Gasteiger partial charge >= 0.3 is 5.97 Å². The highest BCUT2D eigenvalue weighted by molar-refractivity contribution is 5.85. The third kappa shape index (κ3) is 5.08. The van der Waals surface area contributed by atoms with Gasteiger partial charge in [-0.05, 0) is 43.1 Å². The van der Waals surface area contributed by atoms with Crippen LogP contribution in [-0.2, 0) is 16.0 Å². The number of amides is 1. The van der Waals surface area contributed by atoms with Crippen molar-refractivity contribution in [1.82, 2.24) is 5.32 Å². The smallest absolute Gasteiger partial charge is 0.326 e. The molecule has 1 aromatic carbocycles. The SMILES string of the molecule is [2H]c1c([2H])c([2H])c(C[C@@H](NC(=O)[C@H]2CC[C@H](C(C)C)CC2)C(=O)O)c([2H])c1[2H]. The van der Waals surface area contributed by atoms with E-state index in [4.69, 9.17) is 6.85 Å². The summed E-state index contributed by atoms with van der Waals surface area (Å²) in [5, 5.41) is 12.0. The largest absolute Gasteiger partial charge is 0.480 e. The van der Waals surface area contributed by atoms with Gasteiger partial charge in [-0.2, -0.15) is 0 Å². The molecule has 2 rings (SSSR count). The fraction of sp³-hybridized carbons (Fsp3) is 0.579. The molecule has 0 saturated heterocycles. The molecule has 1 aromatic rings. The van der Waals surface area contributed by atoms with Gasteiger partial charge in [0.2, 0.25) is 5.91 Å². The summed E-state index contributed by atoms with van der Waals surface area (Å²) in [6.45, 7) is 4.32. The van der Waals surface area contributed by atoms with Crippen LogP contribution in [0.1, 0.15) is 51.9 Å². The number of carboxylic acid groups (broad SMARTS) is 1. The molecule has 0 aliphatic heterocycles. The van der Waals surface area contributed by atoms with E-state index >= 15 is 0 Å². The summed E-state index contributed by atoms with van der Waals surface area (Å²) >= 11 is 0. The van der Waals surface area contributed by atoms with Gasteiger partial charge in [-0.1, -0.05) is 44.1 Å². The maximum atomic E-state index is 12.6. The summed E-state index contributed by atoms with van der Waals surface area (Å²) < 4.78 is 38.9. The third-order valence-electron chi connectivity index (χ3n) is 4.66. The Kier molecular flexibility index (Phi) is 4.12. The van der Waals surface area contributed by atoms with E-state index in [9.17, 15) is 14.7 Å². The number of carbonyl (C=O) groups excluding carboxylic acids is 1. The summed E-state index contributed by atoms with van der Waals surface area (Å²) in [7, 11) is 0. The number of hydrogen-bond acceptors (Lipinski definition) is 2. The van der Waals surface area contributed by atoms with Crippen molar-refractivity contribution in [2.75, 3.05) is 0 Å². The first-order valence-electron chi connectivity index (χ1n) is 10.6. The van der Waals surface area contributed by atoms with Crippen molar-refractivity contribution in [1.29, 1.82) is 0 Å². The summed E-state index contributed by atoms with van der Waals surface area (Å²) in [4.78, 5) is 24.2. The topological polar surface area (TPSA) is 66.4 Å². The average Bonchev–Trinajstić information content (AvgIpc) is 2.66. The molecule has 1 fully saturated rings. The Hall–Kier alpha value is -1.84. The van der Waals surface area contributed by atoms with Crippen molar-refractivity contribution in [3.63, 3.8) is 0 Å². The van der Waals surface area contributed by atoms with Crippen molar-refractivity contribution in [2.45, 2.75) is 52.0 Å². The van der Waals surface area contributed by atoms with E-state index in [1.54, 1.807) is 0 Å². The van der Waals surface area contributed by atoms with Crippen LogP contribution in [0.4, 0.5) is 0 Å². The van der Waals surface area contributed by atoms with Gasteiger partial charge in [-0.25, -0.2) is 4.79 Å². The molecule has 126 valence electrons. The summed E-state index contributed by atoms with van der Waals surface area (Å²) in [6, 6.07) is -3.79. The maximum absolute atomic E-state index is 12.6. The van der Waals surface area contributed by atoms with Crippen LogP contribution in [0.2, 0.25) is 0 Å². The highest BCUT2D eigenvalue weighted by Crippen LogP contribution is 2.33. The second-order valence-electron chi connectivity index (χ2n) is 6.56. The zero-order chi connectivity index (χ0) is 21.2. The van der Waals surface area contributed by atoms with Crippen LogP contribution in [-0.4, -0.2) is 23.0 Å². The summed E-state index contributed by atoms with van der Waals surface area (Å²) in [5.41, 5.74) is -0.109. The Balaban J connectivity index is 2.13. The molecular formula is C19H27NO3. The Labute approximate surface area is 145 Å². The Bertz CT molecular complexity index is 731. The molecule has 2 N–H and O–H groups in total. The molecule has 1 aliphatic carbocycles. The normalized spacial score (nSPS) is 25.6. The van der Waals surface area contributed by atoms with Crippen LogP contribution < -0.4 is 5.32 Å². The van der Waals surface area contributed by atoms with Gasteiger partial charge in [-0.15, -0.1) is 0 Å². The molecule has 1 atom stereocenters. The lowest BCUT2D eigenvalue weighted by Crippen LogP contribution is -2.45. The van der Waals surface area contributed by atoms with E-state index in [0.717, 1.165) is 12.8 Å². The number of rotatable bonds is 6. The fourth-order valence-electron chi connectivity index (χ4n) is 3.12. The van der Waals surface area contributed by atoms with Crippen LogP contribution in [0.15, 0.2) is 30.2 Å². The minimum Gasteiger partial charge on any atom is -0.480 e. The van der Waals surface area contributed by atoms with Crippen molar-refractivity contribution in [2.24, 2.45) is 17.8 Å². The van der Waals surface area contributed by atoms with Gasteiger partial charge in [0, 0.05) is 12.3 Å². The van der Waals surface area contributed by atoms with Crippen LogP contribution in [0.25, 0.3) is 0 Å². The predicted octanol–water partition coefficient (Wildman–Crippen LogP) is 3.26. The van der Waals surface area contributed by atoms with E-state index in [1.165, 1.54) is 0 Å². The standard InChI is InChI=1S/C19H27NO3/c1-13(2)15-8-10-16(11-9-15)18(21)20-17(19(22)23)12-14-6-4-3-5-7-14/h3-7,13,15-17H,8-12H2,1-2H3,(H,20,21)(H,22,23)/t15-,16-,17-/m1/s1/i3D,4D,5D,6D,7D. The third-order valence-corrected chi connectivity index (χ3v) is 4.66. The molecule has 4 nitrogen and oxygen atoms in total. The minimum atomic E-state index is -1.35. The van der Waals surface area contributed by atoms with E-state index in [-0.39, 0.29) is 23.8 Å². The second-order valence-corrected chi connectivity index (χ2v) is 6.56. The highest BCUT2D eigenvalue weighted by atomic mass is 16.4. The number of hydrogen-bond donors (Lipinski definition) is 2. The number of aliphatic carboxylic acids is 1. The fourth-order valence-corrected chi connectivity index (χ4v) is 3.12. The molecule has 0 spiro atoms. The molecular weight excluding hydrogens is 290 g/mol. The van der Waals surface area contributed by atoms with Crippen molar-refractivity contribution >= 4 is 11.9 Å². The Morgan fingerprint density at radius 2 is 1.83 bits per heavy atom. The van der Waals surface area contributed by atoms with Crippen molar-refractivity contribution in [3.8, 4) is 0 Å². The Morgan fingerprint density at radius 3 is 2.35 bits per heavy atom. The van der Waals surface area contributed by atoms with Crippen LogP contribution >= 0.6 is 0 Å². The van der Waals surface area contributed by atoms with Crippen LogP contribution in [0.3, 0.4) is 0 Å². The minimum absolute atomic E-state index is 0.109. The summed E-state index contributed by atoms with van der Waals surface area (Å²) in [6.07, 6.45) is 2.90. The number of carboxylic acids is 1. The average molecular weight is 322 g/mol. The monoisotopic (exact) mass is 322 g/mol. The van der Waals surface area contributed by atoms with Crippen molar-refractivity contribution < 1.29 is 21.5 Å². The van der Waals surface area contributed by atoms with E-state index in [1.807, 2.05) is 0 Å². The van der Waals surface area contributed by atoms with Crippen LogP contribution in [0, 0.1) is 17.8 Å². The molecule has 23 heavy (non-hydrogen) atoms. The number of carbonyl (C=O) groups is 2. The molecule has 0 heterocycles. The molecule has 4 heteroatoms. The maximum Gasteiger partial charge on any atom is 0.326 e.